The number of aliphatic hydroxyl groups is 8. The Kier molecular flexibility index (Phi) is 12.0. The molecule has 0 radical (unpaired) electrons. The first-order valence-corrected chi connectivity index (χ1v) is 22.7. The number of fused-ring (bicyclic) bond motifs is 7. The molecule has 0 aromatic heterocycles. The molecule has 9 aliphatic rings. The summed E-state index contributed by atoms with van der Waals surface area (Å²) in [5, 5.41) is 86.8. The summed E-state index contributed by atoms with van der Waals surface area (Å²) in [6.45, 7) is 12.8. The molecule has 1 spiro atoms. The van der Waals surface area contributed by atoms with Crippen LogP contribution in [-0.4, -0.2) is 164 Å². The van der Waals surface area contributed by atoms with Crippen molar-refractivity contribution >= 4 is 0 Å². The molecular weight excluding hydrogens is 784 g/mol. The van der Waals surface area contributed by atoms with Crippen molar-refractivity contribution in [1.82, 2.24) is 0 Å². The van der Waals surface area contributed by atoms with Crippen molar-refractivity contribution in [2.45, 2.75) is 203 Å². The van der Waals surface area contributed by atoms with E-state index in [2.05, 4.69) is 33.8 Å². The minimum atomic E-state index is -1.72. The molecule has 0 aromatic rings. The van der Waals surface area contributed by atoms with Crippen LogP contribution in [-0.2, 0) is 37.9 Å². The van der Waals surface area contributed by atoms with Crippen LogP contribution in [0.4, 0.5) is 0 Å². The first-order valence-electron chi connectivity index (χ1n) is 22.7. The number of ether oxygens (including phenoxy) is 8. The molecular formula is C44H70O16. The maximum absolute atomic E-state index is 11.6. The van der Waals surface area contributed by atoms with Gasteiger partial charge in [0.05, 0.1) is 43.7 Å². The standard InChI is InChI=1S/C44H70O16/c1-18-9-12-44(54-16-18)19(2)30-28(60-44)15-26-24-8-7-22-13-23(45)14-29(43(22,6)25(24)10-11-42(26,30)5)57-41-38(59-40-36(52)34(50)31(47)20(3)55-40)37(32(48)21(4)56-41)58-39-35(51)33(49)27(46)17-53-39/h7,18-21,23-41,45-52H,8-17H2,1-6H3/t18-,19+,20+,21-,23-,24-,25+,26+,27-,28+,29-,30+,31+,32+,33+,34-,35-,36-,37+,38-,39+,40+,41+,42+,43+,44-/m0/s1. The highest BCUT2D eigenvalue weighted by Gasteiger charge is 2.69. The van der Waals surface area contributed by atoms with Crippen LogP contribution in [0.25, 0.3) is 0 Å². The Bertz CT molecular complexity index is 1580. The van der Waals surface area contributed by atoms with Crippen molar-refractivity contribution in [3.8, 4) is 0 Å². The largest absolute Gasteiger partial charge is 0.393 e. The van der Waals surface area contributed by atoms with Crippen LogP contribution in [0.1, 0.15) is 92.9 Å². The lowest BCUT2D eigenvalue weighted by atomic mass is 9.46. The van der Waals surface area contributed by atoms with Crippen LogP contribution in [0, 0.1) is 46.3 Å². The predicted octanol–water partition coefficient (Wildman–Crippen LogP) is 0.852. The van der Waals surface area contributed by atoms with Gasteiger partial charge in [-0.25, -0.2) is 0 Å². The quantitative estimate of drug-likeness (QED) is 0.173. The summed E-state index contributed by atoms with van der Waals surface area (Å²) < 4.78 is 51.1. The molecule has 4 aliphatic carbocycles. The van der Waals surface area contributed by atoms with Crippen molar-refractivity contribution in [2.24, 2.45) is 46.3 Å². The van der Waals surface area contributed by atoms with Crippen molar-refractivity contribution in [1.29, 1.82) is 0 Å². The highest BCUT2D eigenvalue weighted by atomic mass is 16.8. The molecule has 5 saturated heterocycles. The smallest absolute Gasteiger partial charge is 0.187 e. The fourth-order valence-corrected chi connectivity index (χ4v) is 13.8. The zero-order chi connectivity index (χ0) is 42.8. The van der Waals surface area contributed by atoms with Crippen LogP contribution < -0.4 is 0 Å². The second kappa shape index (κ2) is 16.2. The van der Waals surface area contributed by atoms with Crippen LogP contribution in [0.5, 0.6) is 0 Å². The maximum Gasteiger partial charge on any atom is 0.187 e. The zero-order valence-corrected chi connectivity index (χ0v) is 35.8. The van der Waals surface area contributed by atoms with Crippen LogP contribution >= 0.6 is 0 Å². The zero-order valence-electron chi connectivity index (χ0n) is 35.8. The van der Waals surface area contributed by atoms with Crippen LogP contribution in [0.2, 0.25) is 0 Å². The Morgan fingerprint density at radius 3 is 2.12 bits per heavy atom. The van der Waals surface area contributed by atoms with Gasteiger partial charge >= 0.3 is 0 Å². The average Bonchev–Trinajstić information content (AvgIpc) is 3.66. The number of hydrogen-bond donors (Lipinski definition) is 8. The lowest BCUT2D eigenvalue weighted by Gasteiger charge is -2.60. The van der Waals surface area contributed by atoms with E-state index in [1.54, 1.807) is 6.92 Å². The van der Waals surface area contributed by atoms with Gasteiger partial charge in [-0.15, -0.1) is 0 Å². The molecule has 5 heterocycles. The van der Waals surface area contributed by atoms with E-state index in [-0.39, 0.29) is 36.4 Å². The van der Waals surface area contributed by atoms with E-state index in [1.165, 1.54) is 6.92 Å². The lowest BCUT2D eigenvalue weighted by Crippen LogP contribution is -2.66. The highest BCUT2D eigenvalue weighted by Crippen LogP contribution is 2.71. The summed E-state index contributed by atoms with van der Waals surface area (Å²) in [7, 11) is 0. The Hall–Kier alpha value is -0.900. The third-order valence-electron chi connectivity index (χ3n) is 17.3. The van der Waals surface area contributed by atoms with Crippen LogP contribution in [0.15, 0.2) is 11.6 Å². The molecule has 8 fully saturated rings. The van der Waals surface area contributed by atoms with Gasteiger partial charge in [-0.3, -0.25) is 0 Å². The number of aliphatic hydroxyl groups excluding tert-OH is 8. The maximum atomic E-state index is 11.6. The molecule has 0 bridgehead atoms. The summed E-state index contributed by atoms with van der Waals surface area (Å²) in [5.41, 5.74) is 0.681. The molecule has 60 heavy (non-hydrogen) atoms. The predicted molar refractivity (Wildman–Crippen MR) is 208 cm³/mol. The van der Waals surface area contributed by atoms with E-state index in [0.717, 1.165) is 50.7 Å². The minimum absolute atomic E-state index is 0.0699. The fourth-order valence-electron chi connectivity index (χ4n) is 13.8. The van der Waals surface area contributed by atoms with Gasteiger partial charge in [-0.1, -0.05) is 39.3 Å². The Balaban J connectivity index is 1.01. The molecule has 342 valence electrons. The Morgan fingerprint density at radius 2 is 1.38 bits per heavy atom. The third-order valence-corrected chi connectivity index (χ3v) is 17.3. The van der Waals surface area contributed by atoms with Gasteiger partial charge in [0.1, 0.15) is 54.9 Å². The molecule has 0 amide bonds. The average molecular weight is 855 g/mol. The monoisotopic (exact) mass is 854 g/mol. The molecule has 9 rings (SSSR count). The van der Waals surface area contributed by atoms with Gasteiger partial charge in [0, 0.05) is 24.2 Å². The molecule has 8 N–H and O–H groups in total. The highest BCUT2D eigenvalue weighted by molar-refractivity contribution is 5.29. The van der Waals surface area contributed by atoms with Gasteiger partial charge in [-0.2, -0.15) is 0 Å². The second-order valence-corrected chi connectivity index (χ2v) is 20.7. The van der Waals surface area contributed by atoms with Crippen LogP contribution in [0.3, 0.4) is 0 Å². The Morgan fingerprint density at radius 1 is 0.683 bits per heavy atom. The first-order chi connectivity index (χ1) is 28.4. The molecule has 5 aliphatic heterocycles. The van der Waals surface area contributed by atoms with Gasteiger partial charge in [0.25, 0.3) is 0 Å². The molecule has 26 atom stereocenters. The van der Waals surface area contributed by atoms with E-state index in [9.17, 15) is 40.9 Å². The molecule has 0 aromatic carbocycles. The van der Waals surface area contributed by atoms with Crippen molar-refractivity contribution in [3.05, 3.63) is 11.6 Å². The summed E-state index contributed by atoms with van der Waals surface area (Å²) in [6, 6.07) is 0. The first kappa shape index (κ1) is 44.3. The van der Waals surface area contributed by atoms with Gasteiger partial charge in [0.15, 0.2) is 24.7 Å². The normalized spacial score (nSPS) is 59.2. The Labute approximate surface area is 352 Å². The number of hydrogen-bond acceptors (Lipinski definition) is 16. The third kappa shape index (κ3) is 7.01. The van der Waals surface area contributed by atoms with E-state index < -0.39 is 109 Å². The fraction of sp³-hybridized carbons (Fsp3) is 0.955. The number of allylic oxidation sites excluding steroid dienone is 1. The van der Waals surface area contributed by atoms with Gasteiger partial charge in [-0.05, 0) is 87.4 Å². The second-order valence-electron chi connectivity index (χ2n) is 20.7. The van der Waals surface area contributed by atoms with Gasteiger partial charge in [0.2, 0.25) is 0 Å². The summed E-state index contributed by atoms with van der Waals surface area (Å²) in [4.78, 5) is 0. The molecule has 16 heteroatoms. The van der Waals surface area contributed by atoms with E-state index in [1.807, 2.05) is 0 Å². The molecule has 0 unspecified atom stereocenters. The minimum Gasteiger partial charge on any atom is -0.393 e. The van der Waals surface area contributed by atoms with E-state index in [4.69, 9.17) is 37.9 Å². The van der Waals surface area contributed by atoms with Gasteiger partial charge < -0.3 is 78.7 Å². The van der Waals surface area contributed by atoms with E-state index >= 15 is 0 Å². The number of rotatable bonds is 6. The SMILES string of the molecule is C[C@H]1CC[C@]2(OC1)O[C@@H]1C[C@@H]3[C@H]4CC=C5C[C@H](O)C[C@H](O[C@H]6O[C@@H](C)[C@@H](O)[C@@H](O[C@H]7OC[C@H](O)[C@@H](O)[C@@H]7O)[C@@H]6O[C@H]6O[C@H](C)[C@@H](O)[C@H](O)[C@@H]6O)[C@@]5(C)[C@@H]4CC[C@@]3(C)[C@@H]1[C@H]2C. The lowest BCUT2D eigenvalue weighted by molar-refractivity contribution is -0.391. The topological polar surface area (TPSA) is 236 Å². The molecule has 3 saturated carbocycles. The van der Waals surface area contributed by atoms with Crippen molar-refractivity contribution in [2.75, 3.05) is 13.2 Å². The summed E-state index contributed by atoms with van der Waals surface area (Å²) in [5.74, 6) is 1.67. The summed E-state index contributed by atoms with van der Waals surface area (Å²) >= 11 is 0. The van der Waals surface area contributed by atoms with Crippen molar-refractivity contribution < 1.29 is 78.7 Å². The van der Waals surface area contributed by atoms with E-state index in [0.29, 0.717) is 30.1 Å². The molecule has 16 nitrogen and oxygen atoms in total. The summed E-state index contributed by atoms with van der Waals surface area (Å²) in [6.07, 6.45) is -12.0. The van der Waals surface area contributed by atoms with Crippen molar-refractivity contribution in [3.63, 3.8) is 0 Å².